The number of hydrogen-bond donors (Lipinski definition) is 0. The molecule has 81 heavy (non-hydrogen) atoms. The molecule has 0 rings (SSSR count). The molecule has 0 amide bonds. The Kier molecular flexibility index (Phi) is 61.6. The van der Waals surface area contributed by atoms with E-state index >= 15 is 0 Å². The predicted molar refractivity (Wildman–Crippen MR) is 352 cm³/mol. The quantitative estimate of drug-likeness (QED) is 0.0261. The first kappa shape index (κ1) is 75.0. The van der Waals surface area contributed by atoms with Crippen LogP contribution in [-0.2, 0) is 28.6 Å². The van der Waals surface area contributed by atoms with E-state index < -0.39 is 6.10 Å². The first-order valence-electron chi connectivity index (χ1n) is 31.6. The summed E-state index contributed by atoms with van der Waals surface area (Å²) in [5.74, 6) is -1.08. The van der Waals surface area contributed by atoms with Crippen LogP contribution in [-0.4, -0.2) is 37.2 Å². The maximum Gasteiger partial charge on any atom is 0.306 e. The summed E-state index contributed by atoms with van der Waals surface area (Å²) in [5, 5.41) is 0. The van der Waals surface area contributed by atoms with Crippen molar-refractivity contribution < 1.29 is 28.6 Å². The zero-order chi connectivity index (χ0) is 58.5. The van der Waals surface area contributed by atoms with Gasteiger partial charge in [0.2, 0.25) is 0 Å². The first-order valence-corrected chi connectivity index (χ1v) is 31.6. The van der Waals surface area contributed by atoms with E-state index in [4.69, 9.17) is 14.2 Å². The molecule has 0 heterocycles. The minimum atomic E-state index is -0.844. The van der Waals surface area contributed by atoms with Gasteiger partial charge in [-0.1, -0.05) is 259 Å². The molecule has 0 saturated heterocycles. The molecule has 0 aliphatic heterocycles. The molecular weight excluding hydrogens is 997 g/mol. The zero-order valence-corrected chi connectivity index (χ0v) is 51.2. The van der Waals surface area contributed by atoms with Crippen molar-refractivity contribution in [2.75, 3.05) is 13.2 Å². The average Bonchev–Trinajstić information content (AvgIpc) is 3.46. The number of esters is 3. The van der Waals surface area contributed by atoms with Crippen molar-refractivity contribution in [2.45, 2.75) is 232 Å². The van der Waals surface area contributed by atoms with Crippen LogP contribution >= 0.6 is 0 Å². The van der Waals surface area contributed by atoms with Crippen molar-refractivity contribution in [3.05, 3.63) is 207 Å². The van der Waals surface area contributed by atoms with Crippen LogP contribution in [0.5, 0.6) is 0 Å². The van der Waals surface area contributed by atoms with Crippen LogP contribution in [0.2, 0.25) is 0 Å². The van der Waals surface area contributed by atoms with E-state index in [2.05, 4.69) is 215 Å². The molecule has 0 aliphatic carbocycles. The number of hydrogen-bond acceptors (Lipinski definition) is 6. The van der Waals surface area contributed by atoms with Gasteiger partial charge < -0.3 is 14.2 Å². The molecule has 1 atom stereocenters. The lowest BCUT2D eigenvalue weighted by Crippen LogP contribution is -2.30. The fraction of sp³-hybridized carbons (Fsp3) is 0.507. The van der Waals surface area contributed by atoms with Gasteiger partial charge in [0, 0.05) is 19.3 Å². The molecule has 0 saturated carbocycles. The van der Waals surface area contributed by atoms with Crippen LogP contribution < -0.4 is 0 Å². The van der Waals surface area contributed by atoms with Gasteiger partial charge in [-0.15, -0.1) is 0 Å². The fourth-order valence-corrected chi connectivity index (χ4v) is 7.67. The Morgan fingerprint density at radius 1 is 0.247 bits per heavy atom. The summed E-state index contributed by atoms with van der Waals surface area (Å²) >= 11 is 0. The van der Waals surface area contributed by atoms with E-state index in [1.807, 2.05) is 12.2 Å². The van der Waals surface area contributed by atoms with Gasteiger partial charge in [-0.25, -0.2) is 0 Å². The van der Waals surface area contributed by atoms with Gasteiger partial charge in [-0.2, -0.15) is 0 Å². The molecule has 0 spiro atoms. The fourth-order valence-electron chi connectivity index (χ4n) is 7.67. The maximum absolute atomic E-state index is 12.9. The third kappa shape index (κ3) is 64.7. The summed E-state index contributed by atoms with van der Waals surface area (Å²) in [6.45, 7) is 6.16. The molecule has 0 radical (unpaired) electrons. The van der Waals surface area contributed by atoms with E-state index in [0.29, 0.717) is 12.8 Å². The Morgan fingerprint density at radius 2 is 0.469 bits per heavy atom. The molecule has 0 aromatic rings. The summed E-state index contributed by atoms with van der Waals surface area (Å²) in [4.78, 5) is 38.2. The summed E-state index contributed by atoms with van der Waals surface area (Å²) < 4.78 is 16.8. The average molecular weight is 1110 g/mol. The lowest BCUT2D eigenvalue weighted by Gasteiger charge is -2.18. The minimum Gasteiger partial charge on any atom is -0.462 e. The van der Waals surface area contributed by atoms with Gasteiger partial charge in [-0.3, -0.25) is 14.4 Å². The van der Waals surface area contributed by atoms with E-state index in [-0.39, 0.29) is 50.4 Å². The van der Waals surface area contributed by atoms with Crippen LogP contribution in [0.1, 0.15) is 226 Å². The van der Waals surface area contributed by atoms with Crippen molar-refractivity contribution in [3.8, 4) is 0 Å². The Bertz CT molecular complexity index is 2000. The SMILES string of the molecule is CC/C=C\C/C=C\C/C=C\C/C=C\C/C=C\C/C=C\C/C=C\C/C=C\C/C=C\C/C=C\CCCCC(=O)OCC(COC(=O)CC/C=C\C/C=C\C/C=C\C/C=C\CC)OC(=O)CCCCCCCCC/C=C\C/C=C\C/C=C\CC. The van der Waals surface area contributed by atoms with Crippen LogP contribution in [0, 0.1) is 0 Å². The molecule has 0 aliphatic rings. The number of carbonyl (C=O) groups excluding carboxylic acids is 3. The number of carbonyl (C=O) groups is 3. The second kappa shape index (κ2) is 66.5. The normalized spacial score (nSPS) is 13.6. The second-order valence-corrected chi connectivity index (χ2v) is 19.8. The van der Waals surface area contributed by atoms with Gasteiger partial charge >= 0.3 is 17.9 Å². The highest BCUT2D eigenvalue weighted by atomic mass is 16.6. The monoisotopic (exact) mass is 1110 g/mol. The Hall–Kier alpha value is -6.01. The lowest BCUT2D eigenvalue weighted by atomic mass is 10.1. The van der Waals surface area contributed by atoms with Gasteiger partial charge in [0.1, 0.15) is 13.2 Å². The number of unbranched alkanes of at least 4 members (excludes halogenated alkanes) is 9. The molecule has 6 heteroatoms. The van der Waals surface area contributed by atoms with Gasteiger partial charge in [-0.05, 0) is 154 Å². The van der Waals surface area contributed by atoms with E-state index in [1.54, 1.807) is 0 Å². The third-order valence-electron chi connectivity index (χ3n) is 12.3. The maximum atomic E-state index is 12.9. The highest BCUT2D eigenvalue weighted by Crippen LogP contribution is 2.13. The molecular formula is C75H112O6. The molecule has 448 valence electrons. The zero-order valence-electron chi connectivity index (χ0n) is 51.2. The topological polar surface area (TPSA) is 78.9 Å². The number of allylic oxidation sites excluding steroid dienone is 34. The Morgan fingerprint density at radius 3 is 0.790 bits per heavy atom. The molecule has 0 aromatic carbocycles. The molecule has 1 unspecified atom stereocenters. The Labute approximate surface area is 496 Å². The molecule has 0 aromatic heterocycles. The first-order chi connectivity index (χ1) is 40.0. The van der Waals surface area contributed by atoms with Crippen molar-refractivity contribution in [1.82, 2.24) is 0 Å². The summed E-state index contributed by atoms with van der Waals surface area (Å²) in [5.41, 5.74) is 0. The molecule has 0 fully saturated rings. The standard InChI is InChI=1S/C75H112O6/c1-4-7-10-13-16-19-22-25-27-29-30-31-32-33-34-35-36-37-38-39-40-41-42-43-44-46-47-50-53-56-59-62-65-68-74(77)80-71-72(70-79-73(76)67-64-61-58-55-52-49-24-21-18-15-12-9-6-3)81-75(78)69-66-63-60-57-54-51-48-45-28-26-23-20-17-14-11-8-5-2/h7-12,16-21,25-28,30-31,33-34,36-37,39-40,42-43,46-47,49,52-53,56,58,61,72H,4-6,13-15,22-24,29,32,35,38,41,44-45,48,50-51,54-55,57,59-60,62-71H2,1-3H3/b10-7-,11-8-,12-9-,19-16-,20-17-,21-18-,27-25-,28-26-,31-30-,34-33-,37-36-,40-39-,43-42-,47-46-,52-49-,56-53-,61-58-. The lowest BCUT2D eigenvalue weighted by molar-refractivity contribution is -0.166. The van der Waals surface area contributed by atoms with E-state index in [0.717, 1.165) is 154 Å². The van der Waals surface area contributed by atoms with Crippen LogP contribution in [0.4, 0.5) is 0 Å². The summed E-state index contributed by atoms with van der Waals surface area (Å²) in [6, 6.07) is 0. The van der Waals surface area contributed by atoms with Crippen LogP contribution in [0.25, 0.3) is 0 Å². The summed E-state index contributed by atoms with van der Waals surface area (Å²) in [7, 11) is 0. The van der Waals surface area contributed by atoms with Crippen molar-refractivity contribution in [3.63, 3.8) is 0 Å². The molecule has 0 N–H and O–H groups in total. The van der Waals surface area contributed by atoms with Gasteiger partial charge in [0.15, 0.2) is 6.10 Å². The third-order valence-corrected chi connectivity index (χ3v) is 12.3. The Balaban J connectivity index is 4.47. The summed E-state index contributed by atoms with van der Waals surface area (Å²) in [6.07, 6.45) is 103. The minimum absolute atomic E-state index is 0.138. The smallest absolute Gasteiger partial charge is 0.306 e. The van der Waals surface area contributed by atoms with Crippen molar-refractivity contribution in [1.29, 1.82) is 0 Å². The van der Waals surface area contributed by atoms with Crippen LogP contribution in [0.15, 0.2) is 207 Å². The highest BCUT2D eigenvalue weighted by Gasteiger charge is 2.19. The number of ether oxygens (including phenoxy) is 3. The number of rotatable bonds is 54. The van der Waals surface area contributed by atoms with Crippen molar-refractivity contribution in [2.24, 2.45) is 0 Å². The predicted octanol–water partition coefficient (Wildman–Crippen LogP) is 22.0. The van der Waals surface area contributed by atoms with E-state index in [9.17, 15) is 14.4 Å². The largest absolute Gasteiger partial charge is 0.462 e. The van der Waals surface area contributed by atoms with Crippen molar-refractivity contribution >= 4 is 17.9 Å². The van der Waals surface area contributed by atoms with Crippen LogP contribution in [0.3, 0.4) is 0 Å². The van der Waals surface area contributed by atoms with E-state index in [1.165, 1.54) is 19.3 Å². The molecule has 6 nitrogen and oxygen atoms in total. The second-order valence-electron chi connectivity index (χ2n) is 19.8. The highest BCUT2D eigenvalue weighted by molar-refractivity contribution is 5.71. The molecule has 0 bridgehead atoms. The van der Waals surface area contributed by atoms with Gasteiger partial charge in [0.25, 0.3) is 0 Å². The van der Waals surface area contributed by atoms with Gasteiger partial charge in [0.05, 0.1) is 0 Å².